The predicted octanol–water partition coefficient (Wildman–Crippen LogP) is 2.53. The van der Waals surface area contributed by atoms with Gasteiger partial charge in [-0.3, -0.25) is 0 Å². The van der Waals surface area contributed by atoms with Crippen LogP contribution in [-0.2, 0) is 5.54 Å². The first kappa shape index (κ1) is 11.9. The summed E-state index contributed by atoms with van der Waals surface area (Å²) in [6, 6.07) is 8.65. The van der Waals surface area contributed by atoms with Crippen LogP contribution in [0.25, 0.3) is 0 Å². The van der Waals surface area contributed by atoms with Crippen LogP contribution in [0, 0.1) is 0 Å². The lowest BCUT2D eigenvalue weighted by Crippen LogP contribution is -2.44. The maximum Gasteiger partial charge on any atom is 0.0409 e. The third kappa shape index (κ3) is 2.76. The molecule has 16 heavy (non-hydrogen) atoms. The minimum atomic E-state index is -0.0262. The second-order valence-electron chi connectivity index (χ2n) is 4.97. The molecule has 1 aromatic carbocycles. The van der Waals surface area contributed by atoms with E-state index in [9.17, 15) is 0 Å². The van der Waals surface area contributed by atoms with E-state index in [1.54, 1.807) is 0 Å². The fraction of sp³-hybridized carbons (Fsp3) is 0.538. The molecule has 2 rings (SSSR count). The Morgan fingerprint density at radius 3 is 2.88 bits per heavy atom. The summed E-state index contributed by atoms with van der Waals surface area (Å²) < 4.78 is 0. The van der Waals surface area contributed by atoms with Crippen molar-refractivity contribution >= 4 is 11.6 Å². The van der Waals surface area contributed by atoms with Gasteiger partial charge >= 0.3 is 0 Å². The highest BCUT2D eigenvalue weighted by molar-refractivity contribution is 6.30. The SMILES string of the molecule is CC(C)(NC1CCNC1)c1cccc(Cl)c1. The Kier molecular flexibility index (Phi) is 3.53. The van der Waals surface area contributed by atoms with E-state index in [1.165, 1.54) is 12.0 Å². The van der Waals surface area contributed by atoms with Gasteiger partial charge in [0.15, 0.2) is 0 Å². The second kappa shape index (κ2) is 4.74. The molecule has 1 heterocycles. The van der Waals surface area contributed by atoms with Crippen molar-refractivity contribution in [1.29, 1.82) is 0 Å². The van der Waals surface area contributed by atoms with Gasteiger partial charge in [0, 0.05) is 23.1 Å². The quantitative estimate of drug-likeness (QED) is 0.846. The fourth-order valence-electron chi connectivity index (χ4n) is 2.25. The summed E-state index contributed by atoms with van der Waals surface area (Å²) in [7, 11) is 0. The van der Waals surface area contributed by atoms with E-state index in [2.05, 4.69) is 30.5 Å². The van der Waals surface area contributed by atoms with Crippen molar-refractivity contribution in [3.8, 4) is 0 Å². The normalized spacial score (nSPS) is 21.3. The monoisotopic (exact) mass is 238 g/mol. The molecule has 1 unspecified atom stereocenters. The van der Waals surface area contributed by atoms with Crippen LogP contribution in [0.2, 0.25) is 5.02 Å². The first-order valence-electron chi connectivity index (χ1n) is 5.82. The average molecular weight is 239 g/mol. The number of rotatable bonds is 3. The highest BCUT2D eigenvalue weighted by Crippen LogP contribution is 2.24. The van der Waals surface area contributed by atoms with Crippen molar-refractivity contribution in [3.63, 3.8) is 0 Å². The molecule has 0 radical (unpaired) electrons. The summed E-state index contributed by atoms with van der Waals surface area (Å²) in [4.78, 5) is 0. The molecule has 1 aliphatic heterocycles. The van der Waals surface area contributed by atoms with Crippen LogP contribution in [0.15, 0.2) is 24.3 Å². The summed E-state index contributed by atoms with van der Waals surface area (Å²) in [6.07, 6.45) is 1.20. The number of hydrogen-bond donors (Lipinski definition) is 2. The Bertz CT molecular complexity index is 357. The van der Waals surface area contributed by atoms with E-state index >= 15 is 0 Å². The number of benzene rings is 1. The van der Waals surface area contributed by atoms with Crippen molar-refractivity contribution in [3.05, 3.63) is 34.9 Å². The Balaban J connectivity index is 2.10. The highest BCUT2D eigenvalue weighted by atomic mass is 35.5. The molecule has 0 amide bonds. The van der Waals surface area contributed by atoms with Gasteiger partial charge < -0.3 is 10.6 Å². The van der Waals surface area contributed by atoms with Crippen molar-refractivity contribution in [2.24, 2.45) is 0 Å². The van der Waals surface area contributed by atoms with Gasteiger partial charge in [0.2, 0.25) is 0 Å². The van der Waals surface area contributed by atoms with Gasteiger partial charge in [-0.1, -0.05) is 23.7 Å². The molecule has 0 saturated carbocycles. The molecule has 1 aliphatic rings. The van der Waals surface area contributed by atoms with E-state index in [0.29, 0.717) is 6.04 Å². The van der Waals surface area contributed by atoms with E-state index in [1.807, 2.05) is 18.2 Å². The van der Waals surface area contributed by atoms with Gasteiger partial charge in [-0.2, -0.15) is 0 Å². The standard InChI is InChI=1S/C13H19ClN2/c1-13(2,16-12-6-7-15-9-12)10-4-3-5-11(14)8-10/h3-5,8,12,15-16H,6-7,9H2,1-2H3. The molecule has 2 N–H and O–H groups in total. The lowest BCUT2D eigenvalue weighted by molar-refractivity contribution is 0.352. The lowest BCUT2D eigenvalue weighted by atomic mass is 9.93. The topological polar surface area (TPSA) is 24.1 Å². The summed E-state index contributed by atoms with van der Waals surface area (Å²) in [5, 5.41) is 7.85. The zero-order valence-electron chi connectivity index (χ0n) is 9.89. The van der Waals surface area contributed by atoms with Gasteiger partial charge in [0.1, 0.15) is 0 Å². The van der Waals surface area contributed by atoms with E-state index in [0.717, 1.165) is 18.1 Å². The zero-order valence-corrected chi connectivity index (χ0v) is 10.6. The largest absolute Gasteiger partial charge is 0.315 e. The number of nitrogens with one attached hydrogen (secondary N) is 2. The molecule has 1 fully saturated rings. The van der Waals surface area contributed by atoms with Gasteiger partial charge in [0.25, 0.3) is 0 Å². The lowest BCUT2D eigenvalue weighted by Gasteiger charge is -2.30. The van der Waals surface area contributed by atoms with E-state index in [4.69, 9.17) is 11.6 Å². The first-order valence-corrected chi connectivity index (χ1v) is 6.20. The molecule has 88 valence electrons. The van der Waals surface area contributed by atoms with Crippen molar-refractivity contribution in [2.75, 3.05) is 13.1 Å². The van der Waals surface area contributed by atoms with Gasteiger partial charge in [0.05, 0.1) is 0 Å². The first-order chi connectivity index (χ1) is 7.58. The Labute approximate surface area is 102 Å². The Morgan fingerprint density at radius 1 is 1.44 bits per heavy atom. The predicted molar refractivity (Wildman–Crippen MR) is 68.9 cm³/mol. The minimum absolute atomic E-state index is 0.0262. The molecule has 1 saturated heterocycles. The summed E-state index contributed by atoms with van der Waals surface area (Å²) in [5.41, 5.74) is 1.22. The van der Waals surface area contributed by atoms with Crippen LogP contribution in [0.3, 0.4) is 0 Å². The van der Waals surface area contributed by atoms with Gasteiger partial charge in [-0.15, -0.1) is 0 Å². The third-order valence-corrected chi connectivity index (χ3v) is 3.41. The molecule has 0 aromatic heterocycles. The number of halogens is 1. The van der Waals surface area contributed by atoms with Crippen LogP contribution < -0.4 is 10.6 Å². The van der Waals surface area contributed by atoms with Crippen LogP contribution in [0.4, 0.5) is 0 Å². The van der Waals surface area contributed by atoms with E-state index < -0.39 is 0 Å². The molecule has 0 aliphatic carbocycles. The van der Waals surface area contributed by atoms with Crippen LogP contribution in [0.5, 0.6) is 0 Å². The average Bonchev–Trinajstić information content (AvgIpc) is 2.70. The van der Waals surface area contributed by atoms with Crippen molar-refractivity contribution in [1.82, 2.24) is 10.6 Å². The van der Waals surface area contributed by atoms with Crippen molar-refractivity contribution in [2.45, 2.75) is 31.8 Å². The fourth-order valence-corrected chi connectivity index (χ4v) is 2.44. The molecule has 3 heteroatoms. The Hall–Kier alpha value is -0.570. The highest BCUT2D eigenvalue weighted by Gasteiger charge is 2.25. The molecule has 0 bridgehead atoms. The zero-order chi connectivity index (χ0) is 11.6. The maximum absolute atomic E-state index is 6.03. The summed E-state index contributed by atoms with van der Waals surface area (Å²) in [5.74, 6) is 0. The molecule has 1 aromatic rings. The second-order valence-corrected chi connectivity index (χ2v) is 5.41. The van der Waals surface area contributed by atoms with Crippen LogP contribution in [-0.4, -0.2) is 19.1 Å². The van der Waals surface area contributed by atoms with E-state index in [-0.39, 0.29) is 5.54 Å². The smallest absolute Gasteiger partial charge is 0.0409 e. The number of hydrogen-bond acceptors (Lipinski definition) is 2. The van der Waals surface area contributed by atoms with Gasteiger partial charge in [-0.25, -0.2) is 0 Å². The maximum atomic E-state index is 6.03. The molecular weight excluding hydrogens is 220 g/mol. The molecular formula is C13H19ClN2. The van der Waals surface area contributed by atoms with Crippen LogP contribution >= 0.6 is 11.6 Å². The summed E-state index contributed by atoms with van der Waals surface area (Å²) in [6.45, 7) is 6.58. The molecule has 0 spiro atoms. The van der Waals surface area contributed by atoms with Crippen LogP contribution in [0.1, 0.15) is 25.8 Å². The minimum Gasteiger partial charge on any atom is -0.315 e. The Morgan fingerprint density at radius 2 is 2.25 bits per heavy atom. The third-order valence-electron chi connectivity index (χ3n) is 3.17. The van der Waals surface area contributed by atoms with Gasteiger partial charge in [-0.05, 0) is 44.5 Å². The molecule has 1 atom stereocenters. The molecule has 2 nitrogen and oxygen atoms in total. The summed E-state index contributed by atoms with van der Waals surface area (Å²) >= 11 is 6.03. The van der Waals surface area contributed by atoms with Crippen molar-refractivity contribution < 1.29 is 0 Å².